The fraction of sp³-hybridized carbons (Fsp3) is 0.882. The molecule has 0 rings (SSSR count). The Morgan fingerprint density at radius 1 is 1.12 bits per heavy atom. The van der Waals surface area contributed by atoms with Crippen LogP contribution in [0, 0.1) is 5.92 Å². The number of carboxylic acids is 1. The van der Waals surface area contributed by atoms with Gasteiger partial charge >= 0.3 is 12.1 Å². The zero-order chi connectivity index (χ0) is 19.5. The van der Waals surface area contributed by atoms with Gasteiger partial charge in [0.2, 0.25) is 0 Å². The van der Waals surface area contributed by atoms with Crippen molar-refractivity contribution in [2.24, 2.45) is 5.92 Å². The first-order valence-corrected chi connectivity index (χ1v) is 11.2. The predicted octanol–water partition coefficient (Wildman–Crippen LogP) is 3.96. The molecular formula is C17H35NO5Si. The second-order valence-corrected chi connectivity index (χ2v) is 13.7. The van der Waals surface area contributed by atoms with E-state index in [1.165, 1.54) is 4.90 Å². The molecule has 0 aromatic carbocycles. The molecule has 0 radical (unpaired) electrons. The molecule has 0 aromatic rings. The van der Waals surface area contributed by atoms with E-state index in [1.54, 1.807) is 34.7 Å². The highest BCUT2D eigenvalue weighted by molar-refractivity contribution is 6.74. The van der Waals surface area contributed by atoms with Gasteiger partial charge in [-0.05, 0) is 45.8 Å². The summed E-state index contributed by atoms with van der Waals surface area (Å²) >= 11 is 0. The lowest BCUT2D eigenvalue weighted by Crippen LogP contribution is -2.50. The highest BCUT2D eigenvalue weighted by Crippen LogP contribution is 2.38. The molecule has 0 heterocycles. The summed E-state index contributed by atoms with van der Waals surface area (Å²) in [5, 5.41) is 9.34. The summed E-state index contributed by atoms with van der Waals surface area (Å²) in [6, 6.07) is 0. The van der Waals surface area contributed by atoms with E-state index < -0.39 is 38.0 Å². The fourth-order valence-electron chi connectivity index (χ4n) is 1.70. The Bertz CT molecular complexity index is 451. The van der Waals surface area contributed by atoms with Crippen LogP contribution in [0.2, 0.25) is 18.1 Å². The molecule has 0 aliphatic heterocycles. The van der Waals surface area contributed by atoms with E-state index in [4.69, 9.17) is 9.16 Å². The molecule has 142 valence electrons. The number of likely N-dealkylation sites (N-methyl/N-ethyl adjacent to an activating group) is 1. The Morgan fingerprint density at radius 3 is 1.92 bits per heavy atom. The van der Waals surface area contributed by atoms with Gasteiger partial charge in [-0.25, -0.2) is 4.79 Å². The Morgan fingerprint density at radius 2 is 1.58 bits per heavy atom. The highest BCUT2D eigenvalue weighted by atomic mass is 28.4. The van der Waals surface area contributed by atoms with Crippen molar-refractivity contribution in [2.75, 3.05) is 13.6 Å². The minimum Gasteiger partial charge on any atom is -0.481 e. The predicted molar refractivity (Wildman–Crippen MR) is 97.7 cm³/mol. The number of hydrogen-bond donors (Lipinski definition) is 1. The Kier molecular flexibility index (Phi) is 7.51. The molecule has 0 aliphatic carbocycles. The van der Waals surface area contributed by atoms with Crippen LogP contribution in [0.15, 0.2) is 0 Å². The molecule has 0 aliphatic rings. The van der Waals surface area contributed by atoms with Gasteiger partial charge in [0.15, 0.2) is 8.32 Å². The third-order valence-corrected chi connectivity index (χ3v) is 8.86. The first-order valence-electron chi connectivity index (χ1n) is 8.32. The largest absolute Gasteiger partial charge is 0.481 e. The highest BCUT2D eigenvalue weighted by Gasteiger charge is 2.42. The quantitative estimate of drug-likeness (QED) is 0.725. The number of rotatable bonds is 6. The van der Waals surface area contributed by atoms with Crippen molar-refractivity contribution in [1.29, 1.82) is 0 Å². The Hall–Kier alpha value is -1.08. The molecule has 24 heavy (non-hydrogen) atoms. The molecule has 0 spiro atoms. The summed E-state index contributed by atoms with van der Waals surface area (Å²) in [5.41, 5.74) is -0.598. The summed E-state index contributed by atoms with van der Waals surface area (Å²) in [6.07, 6.45) is -1.06. The number of carbonyl (C=O) groups excluding carboxylic acids is 1. The van der Waals surface area contributed by atoms with Gasteiger partial charge in [0.05, 0.1) is 12.0 Å². The van der Waals surface area contributed by atoms with Crippen LogP contribution < -0.4 is 0 Å². The van der Waals surface area contributed by atoms with Gasteiger partial charge < -0.3 is 19.2 Å². The molecular weight excluding hydrogens is 326 g/mol. The number of hydrogen-bond acceptors (Lipinski definition) is 4. The van der Waals surface area contributed by atoms with Gasteiger partial charge in [-0.1, -0.05) is 20.8 Å². The normalized spacial score (nSPS) is 15.6. The second-order valence-electron chi connectivity index (χ2n) is 8.90. The van der Waals surface area contributed by atoms with E-state index in [0.717, 1.165) is 0 Å². The molecule has 1 N–H and O–H groups in total. The maximum atomic E-state index is 12.2. The van der Waals surface area contributed by atoms with E-state index in [2.05, 4.69) is 33.9 Å². The zero-order valence-corrected chi connectivity index (χ0v) is 17.9. The Labute approximate surface area is 147 Å². The lowest BCUT2D eigenvalue weighted by Gasteiger charge is -2.41. The van der Waals surface area contributed by atoms with Crippen LogP contribution in [0.5, 0.6) is 0 Å². The van der Waals surface area contributed by atoms with Crippen LogP contribution in [0.25, 0.3) is 0 Å². The van der Waals surface area contributed by atoms with Gasteiger partial charge in [0.25, 0.3) is 0 Å². The molecule has 2 atom stereocenters. The van der Waals surface area contributed by atoms with Crippen molar-refractivity contribution >= 4 is 20.4 Å². The molecule has 6 nitrogen and oxygen atoms in total. The van der Waals surface area contributed by atoms with Gasteiger partial charge in [-0.2, -0.15) is 0 Å². The maximum Gasteiger partial charge on any atom is 0.410 e. The zero-order valence-electron chi connectivity index (χ0n) is 16.9. The lowest BCUT2D eigenvalue weighted by atomic mass is 10.1. The van der Waals surface area contributed by atoms with Crippen molar-refractivity contribution in [1.82, 2.24) is 4.90 Å². The van der Waals surface area contributed by atoms with Crippen molar-refractivity contribution in [3.8, 4) is 0 Å². The molecule has 0 aromatic heterocycles. The van der Waals surface area contributed by atoms with Crippen LogP contribution in [0.1, 0.15) is 48.5 Å². The molecule has 1 amide bonds. The minimum absolute atomic E-state index is 0.0477. The third kappa shape index (κ3) is 7.21. The van der Waals surface area contributed by atoms with Gasteiger partial charge in [-0.3, -0.25) is 4.79 Å². The topological polar surface area (TPSA) is 76.1 Å². The van der Waals surface area contributed by atoms with Crippen LogP contribution >= 0.6 is 0 Å². The summed E-state index contributed by atoms with van der Waals surface area (Å²) in [4.78, 5) is 25.0. The average Bonchev–Trinajstić information content (AvgIpc) is 2.32. The third-order valence-electron chi connectivity index (χ3n) is 4.36. The number of carboxylic acid groups (broad SMARTS) is 1. The summed E-state index contributed by atoms with van der Waals surface area (Å²) in [5.74, 6) is -1.65. The van der Waals surface area contributed by atoms with Crippen molar-refractivity contribution in [3.63, 3.8) is 0 Å². The molecule has 0 saturated carbocycles. The number of nitrogens with zero attached hydrogens (tertiary/aromatic N) is 1. The van der Waals surface area contributed by atoms with E-state index in [9.17, 15) is 14.7 Å². The average molecular weight is 362 g/mol. The standard InChI is InChI=1S/C17H35NO5Si/c1-12(14(19)20)13(23-24(9,10)17(5,6)7)11-18(8)15(21)22-16(2,3)4/h12-13H,11H2,1-10H3,(H,19,20)/t12-,13+/m0/s1. The minimum atomic E-state index is -2.17. The van der Waals surface area contributed by atoms with E-state index >= 15 is 0 Å². The monoisotopic (exact) mass is 361 g/mol. The smallest absolute Gasteiger partial charge is 0.410 e. The Balaban J connectivity index is 5.24. The molecule has 0 unspecified atom stereocenters. The molecule has 0 saturated heterocycles. The SMILES string of the molecule is C[C@H](C(=O)O)[C@@H](CN(C)C(=O)OC(C)(C)C)O[Si](C)(C)C(C)(C)C. The van der Waals surface area contributed by atoms with Crippen LogP contribution in [-0.4, -0.2) is 55.7 Å². The maximum absolute atomic E-state index is 12.2. The lowest BCUT2D eigenvalue weighted by molar-refractivity contribution is -0.144. The molecule has 0 fully saturated rings. The van der Waals surface area contributed by atoms with Crippen molar-refractivity contribution in [2.45, 2.75) is 78.3 Å². The van der Waals surface area contributed by atoms with E-state index in [-0.39, 0.29) is 11.6 Å². The summed E-state index contributed by atoms with van der Waals surface area (Å²) in [7, 11) is -0.565. The fourth-order valence-corrected chi connectivity index (χ4v) is 3.09. The first-order chi connectivity index (χ1) is 10.5. The van der Waals surface area contributed by atoms with Crippen LogP contribution in [-0.2, 0) is 14.0 Å². The van der Waals surface area contributed by atoms with E-state index in [1.807, 2.05) is 0 Å². The van der Waals surface area contributed by atoms with Crippen LogP contribution in [0.4, 0.5) is 4.79 Å². The van der Waals surface area contributed by atoms with Gasteiger partial charge in [-0.15, -0.1) is 0 Å². The van der Waals surface area contributed by atoms with Gasteiger partial charge in [0.1, 0.15) is 5.60 Å². The summed E-state index contributed by atoms with van der Waals surface area (Å²) in [6.45, 7) is 17.6. The number of carbonyl (C=O) groups is 2. The summed E-state index contributed by atoms with van der Waals surface area (Å²) < 4.78 is 11.6. The molecule has 7 heteroatoms. The number of ether oxygens (including phenoxy) is 1. The second kappa shape index (κ2) is 7.87. The van der Waals surface area contributed by atoms with Crippen molar-refractivity contribution in [3.05, 3.63) is 0 Å². The van der Waals surface area contributed by atoms with Gasteiger partial charge in [0, 0.05) is 13.6 Å². The van der Waals surface area contributed by atoms with E-state index in [0.29, 0.717) is 0 Å². The molecule has 0 bridgehead atoms. The van der Waals surface area contributed by atoms with Crippen molar-refractivity contribution < 1.29 is 23.9 Å². The number of amides is 1. The first kappa shape index (κ1) is 22.9. The van der Waals surface area contributed by atoms with Crippen LogP contribution in [0.3, 0.4) is 0 Å². The number of aliphatic carboxylic acids is 1.